The summed E-state index contributed by atoms with van der Waals surface area (Å²) in [4.78, 5) is 4.46. The van der Waals surface area contributed by atoms with Crippen molar-refractivity contribution in [2.24, 2.45) is 4.99 Å². The molecule has 1 aliphatic heterocycles. The molecule has 2 nitrogen and oxygen atoms in total. The zero-order valence-electron chi connectivity index (χ0n) is 20.4. The van der Waals surface area contributed by atoms with Crippen LogP contribution in [0.2, 0.25) is 0 Å². The van der Waals surface area contributed by atoms with Gasteiger partial charge in [0.2, 0.25) is 0 Å². The summed E-state index contributed by atoms with van der Waals surface area (Å²) in [6.45, 7) is 23.8. The molecule has 2 rings (SSSR count). The molecule has 1 heterocycles. The van der Waals surface area contributed by atoms with E-state index < -0.39 is 0 Å². The van der Waals surface area contributed by atoms with Crippen LogP contribution in [0.15, 0.2) is 47.0 Å². The lowest BCUT2D eigenvalue weighted by Crippen LogP contribution is -1.99. The molecule has 0 fully saturated rings. The van der Waals surface area contributed by atoms with Gasteiger partial charge in [0, 0.05) is 5.71 Å². The molecule has 0 aliphatic carbocycles. The number of rotatable bonds is 6. The predicted octanol–water partition coefficient (Wildman–Crippen LogP) is 8.77. The molecular weight excluding hydrogens is 330 g/mol. The molecule has 0 saturated heterocycles. The highest BCUT2D eigenvalue weighted by molar-refractivity contribution is 5.97. The highest BCUT2D eigenvalue weighted by Crippen LogP contribution is 2.11. The molecule has 0 unspecified atom stereocenters. The van der Waals surface area contributed by atoms with Crippen LogP contribution >= 0.6 is 0 Å². The SMILES string of the molecule is CC.CC.CC.CC.CC.CC1=CC(CCCCOc2ccccc2)=NC1. The Balaban J connectivity index is -0.000000230. The Bertz CT molecular complexity index is 408. The number of benzene rings is 1. The molecule has 0 N–H and O–H groups in total. The van der Waals surface area contributed by atoms with Crippen molar-refractivity contribution >= 4 is 5.71 Å². The average molecular weight is 380 g/mol. The summed E-state index contributed by atoms with van der Waals surface area (Å²) in [7, 11) is 0. The van der Waals surface area contributed by atoms with Crippen LogP contribution in [0.25, 0.3) is 0 Å². The zero-order valence-corrected chi connectivity index (χ0v) is 20.4. The number of ether oxygens (including phenoxy) is 1. The van der Waals surface area contributed by atoms with Crippen molar-refractivity contribution in [1.82, 2.24) is 0 Å². The van der Waals surface area contributed by atoms with Crippen molar-refractivity contribution in [3.63, 3.8) is 0 Å². The van der Waals surface area contributed by atoms with Gasteiger partial charge in [-0.05, 0) is 44.4 Å². The third kappa shape index (κ3) is 22.4. The molecule has 0 aromatic heterocycles. The van der Waals surface area contributed by atoms with Gasteiger partial charge in [0.05, 0.1) is 13.2 Å². The summed E-state index contributed by atoms with van der Waals surface area (Å²) in [5.41, 5.74) is 2.63. The maximum atomic E-state index is 5.64. The Morgan fingerprint density at radius 1 is 0.778 bits per heavy atom. The van der Waals surface area contributed by atoms with E-state index in [0.717, 1.165) is 38.2 Å². The van der Waals surface area contributed by atoms with Gasteiger partial charge in [-0.2, -0.15) is 0 Å². The van der Waals surface area contributed by atoms with Crippen molar-refractivity contribution in [1.29, 1.82) is 0 Å². The van der Waals surface area contributed by atoms with E-state index in [1.54, 1.807) is 0 Å². The quantitative estimate of drug-likeness (QED) is 0.452. The molecule has 0 spiro atoms. The molecule has 27 heavy (non-hydrogen) atoms. The summed E-state index contributed by atoms with van der Waals surface area (Å²) < 4.78 is 5.64. The second kappa shape index (κ2) is 32.1. The molecule has 1 aromatic carbocycles. The van der Waals surface area contributed by atoms with Gasteiger partial charge in [-0.1, -0.05) is 93.0 Å². The number of aliphatic imine (C=N–C) groups is 1. The first kappa shape index (κ1) is 33.0. The summed E-state index contributed by atoms with van der Waals surface area (Å²) in [5.74, 6) is 0.960. The van der Waals surface area contributed by atoms with Gasteiger partial charge in [-0.25, -0.2) is 0 Å². The molecule has 0 radical (unpaired) electrons. The van der Waals surface area contributed by atoms with Gasteiger partial charge in [0.25, 0.3) is 0 Å². The largest absolute Gasteiger partial charge is 0.494 e. The van der Waals surface area contributed by atoms with Crippen molar-refractivity contribution < 1.29 is 4.74 Å². The number of hydrogen-bond donors (Lipinski definition) is 0. The first-order chi connectivity index (χ1) is 13.3. The van der Waals surface area contributed by atoms with Crippen LogP contribution in [-0.4, -0.2) is 18.9 Å². The van der Waals surface area contributed by atoms with E-state index in [4.69, 9.17) is 4.74 Å². The van der Waals surface area contributed by atoms with E-state index in [0.29, 0.717) is 0 Å². The molecule has 1 aliphatic rings. The molecule has 0 atom stereocenters. The van der Waals surface area contributed by atoms with Crippen LogP contribution in [0, 0.1) is 0 Å². The Labute approximate surface area is 172 Å². The van der Waals surface area contributed by atoms with Crippen molar-refractivity contribution in [3.05, 3.63) is 42.0 Å². The van der Waals surface area contributed by atoms with Gasteiger partial charge in [-0.3, -0.25) is 4.99 Å². The van der Waals surface area contributed by atoms with Gasteiger partial charge in [0.15, 0.2) is 0 Å². The first-order valence-electron chi connectivity index (χ1n) is 11.2. The Hall–Kier alpha value is -1.57. The Morgan fingerprint density at radius 3 is 1.74 bits per heavy atom. The summed E-state index contributed by atoms with van der Waals surface area (Å²) in [6, 6.07) is 9.98. The molecule has 2 heteroatoms. The van der Waals surface area contributed by atoms with E-state index in [2.05, 4.69) is 18.0 Å². The third-order valence-corrected chi connectivity index (χ3v) is 2.78. The highest BCUT2D eigenvalue weighted by Gasteiger charge is 2.03. The van der Waals surface area contributed by atoms with Gasteiger partial charge < -0.3 is 4.74 Å². The van der Waals surface area contributed by atoms with Gasteiger partial charge >= 0.3 is 0 Å². The molecule has 0 amide bonds. The molecule has 0 saturated carbocycles. The van der Waals surface area contributed by atoms with Crippen LogP contribution in [0.1, 0.15) is 95.4 Å². The van der Waals surface area contributed by atoms with Crippen LogP contribution in [0.5, 0.6) is 5.75 Å². The van der Waals surface area contributed by atoms with Crippen molar-refractivity contribution in [2.45, 2.75) is 95.4 Å². The molecule has 0 bridgehead atoms. The monoisotopic (exact) mass is 379 g/mol. The number of nitrogens with zero attached hydrogens (tertiary/aromatic N) is 1. The maximum absolute atomic E-state index is 5.64. The standard InChI is InChI=1S/C15H19NO.5C2H6/c1-13-11-14(16-12-13)7-5-6-10-17-15-8-3-2-4-9-15;5*1-2/h2-4,8-9,11H,5-7,10,12H2,1H3;5*1-2H3. The zero-order chi connectivity index (χ0) is 21.9. The Kier molecular flexibility index (Phi) is 39.3. The van der Waals surface area contributed by atoms with Crippen LogP contribution < -0.4 is 4.74 Å². The van der Waals surface area contributed by atoms with E-state index in [-0.39, 0.29) is 0 Å². The molecule has 160 valence electrons. The summed E-state index contributed by atoms with van der Waals surface area (Å²) >= 11 is 0. The fourth-order valence-electron chi connectivity index (χ4n) is 1.87. The lowest BCUT2D eigenvalue weighted by molar-refractivity contribution is 0.308. The fourth-order valence-corrected chi connectivity index (χ4v) is 1.87. The highest BCUT2D eigenvalue weighted by atomic mass is 16.5. The molecule has 1 aromatic rings. The van der Waals surface area contributed by atoms with Gasteiger partial charge in [0.1, 0.15) is 5.75 Å². The second-order valence-corrected chi connectivity index (χ2v) is 4.42. The smallest absolute Gasteiger partial charge is 0.119 e. The van der Waals surface area contributed by atoms with E-state index >= 15 is 0 Å². The molecular formula is C25H49NO. The minimum Gasteiger partial charge on any atom is -0.494 e. The summed E-state index contributed by atoms with van der Waals surface area (Å²) in [6.07, 6.45) is 5.52. The van der Waals surface area contributed by atoms with Crippen LogP contribution in [0.3, 0.4) is 0 Å². The maximum Gasteiger partial charge on any atom is 0.119 e. The van der Waals surface area contributed by atoms with Gasteiger partial charge in [-0.15, -0.1) is 0 Å². The second-order valence-electron chi connectivity index (χ2n) is 4.42. The first-order valence-corrected chi connectivity index (χ1v) is 11.2. The van der Waals surface area contributed by atoms with Crippen molar-refractivity contribution in [3.8, 4) is 5.75 Å². The van der Waals surface area contributed by atoms with Crippen LogP contribution in [-0.2, 0) is 0 Å². The number of unbranched alkanes of at least 4 members (excludes halogenated alkanes) is 1. The van der Waals surface area contributed by atoms with E-state index in [1.165, 1.54) is 11.3 Å². The lowest BCUT2D eigenvalue weighted by atomic mass is 10.1. The van der Waals surface area contributed by atoms with Crippen LogP contribution in [0.4, 0.5) is 0 Å². The van der Waals surface area contributed by atoms with E-state index in [9.17, 15) is 0 Å². The normalized spacial score (nSPS) is 10.2. The average Bonchev–Trinajstić information content (AvgIpc) is 3.21. The summed E-state index contributed by atoms with van der Waals surface area (Å²) in [5, 5.41) is 0. The minimum atomic E-state index is 0.792. The number of hydrogen-bond acceptors (Lipinski definition) is 2. The van der Waals surface area contributed by atoms with E-state index in [1.807, 2.05) is 99.6 Å². The third-order valence-electron chi connectivity index (χ3n) is 2.78. The predicted molar refractivity (Wildman–Crippen MR) is 129 cm³/mol. The topological polar surface area (TPSA) is 21.6 Å². The lowest BCUT2D eigenvalue weighted by Gasteiger charge is -2.05. The number of para-hydroxylation sites is 1. The fraction of sp³-hybridized carbons (Fsp3) is 0.640. The minimum absolute atomic E-state index is 0.792. The van der Waals surface area contributed by atoms with Crippen molar-refractivity contribution in [2.75, 3.05) is 13.2 Å². The number of allylic oxidation sites excluding steroid dienone is 1. The Morgan fingerprint density at radius 2 is 1.30 bits per heavy atom.